The lowest BCUT2D eigenvalue weighted by atomic mass is 10.1. The molecule has 1 aromatic rings. The molecule has 5 heteroatoms. The number of ether oxygens (including phenoxy) is 1. The van der Waals surface area contributed by atoms with Crippen molar-refractivity contribution in [3.8, 4) is 5.75 Å². The van der Waals surface area contributed by atoms with E-state index in [0.717, 1.165) is 24.1 Å². The van der Waals surface area contributed by atoms with Crippen molar-refractivity contribution in [3.05, 3.63) is 23.8 Å². The number of nitrogens with one attached hydrogen (secondary N) is 1. The van der Waals surface area contributed by atoms with Crippen molar-refractivity contribution in [2.75, 3.05) is 24.5 Å². The molecule has 0 atom stereocenters. The molecule has 1 amide bonds. The Balaban J connectivity index is 1.66. The summed E-state index contributed by atoms with van der Waals surface area (Å²) in [4.78, 5) is 25.7. The van der Waals surface area contributed by atoms with Crippen LogP contribution in [0, 0.1) is 6.92 Å². The summed E-state index contributed by atoms with van der Waals surface area (Å²) >= 11 is 0. The summed E-state index contributed by atoms with van der Waals surface area (Å²) in [5, 5.41) is 2.97. The van der Waals surface area contributed by atoms with Crippen molar-refractivity contribution >= 4 is 17.6 Å². The third-order valence-corrected chi connectivity index (χ3v) is 4.69. The minimum atomic E-state index is -0.320. The minimum Gasteiger partial charge on any atom is -0.423 e. The van der Waals surface area contributed by atoms with Gasteiger partial charge in [0.1, 0.15) is 6.54 Å². The molecule has 144 valence electrons. The normalized spacial score (nSPS) is 13.3. The van der Waals surface area contributed by atoms with Gasteiger partial charge >= 0.3 is 5.97 Å². The smallest absolute Gasteiger partial charge is 0.331 e. The maximum Gasteiger partial charge on any atom is 0.331 e. The highest BCUT2D eigenvalue weighted by Crippen LogP contribution is 2.32. The van der Waals surface area contributed by atoms with Gasteiger partial charge in [0.2, 0.25) is 5.91 Å². The third kappa shape index (κ3) is 6.70. The Kier molecular flexibility index (Phi) is 8.45. The molecular weight excluding hydrogens is 328 g/mol. The number of aryl methyl sites for hydroxylation is 1. The Hall–Kier alpha value is -2.04. The van der Waals surface area contributed by atoms with Crippen molar-refractivity contribution in [1.82, 2.24) is 5.32 Å². The Morgan fingerprint density at radius 3 is 2.54 bits per heavy atom. The van der Waals surface area contributed by atoms with E-state index in [0.29, 0.717) is 12.3 Å². The van der Waals surface area contributed by atoms with E-state index in [9.17, 15) is 9.59 Å². The first-order valence-electron chi connectivity index (χ1n) is 9.93. The number of anilines is 1. The maximum absolute atomic E-state index is 12.2. The van der Waals surface area contributed by atoms with Crippen LogP contribution in [0.1, 0.15) is 63.9 Å². The average molecular weight is 360 g/mol. The van der Waals surface area contributed by atoms with Crippen LogP contribution in [0.15, 0.2) is 18.2 Å². The zero-order valence-corrected chi connectivity index (χ0v) is 16.2. The highest BCUT2D eigenvalue weighted by Gasteiger charge is 2.25. The Labute approximate surface area is 157 Å². The number of amides is 1. The minimum absolute atomic E-state index is 0.0471. The van der Waals surface area contributed by atoms with Crippen LogP contribution in [0.2, 0.25) is 0 Å². The Morgan fingerprint density at radius 2 is 1.81 bits per heavy atom. The largest absolute Gasteiger partial charge is 0.423 e. The quantitative estimate of drug-likeness (QED) is 0.368. The van der Waals surface area contributed by atoms with Gasteiger partial charge in [-0.2, -0.15) is 0 Å². The SMILES string of the molecule is CCCCCCCCCCNC(=O)CN1CC(=O)Oc2cc(C)ccc21. The Morgan fingerprint density at radius 1 is 1.12 bits per heavy atom. The summed E-state index contributed by atoms with van der Waals surface area (Å²) in [6.45, 7) is 5.18. The van der Waals surface area contributed by atoms with Crippen LogP contribution in [-0.4, -0.2) is 31.5 Å². The maximum atomic E-state index is 12.2. The van der Waals surface area contributed by atoms with Gasteiger partial charge in [0.15, 0.2) is 5.75 Å². The van der Waals surface area contributed by atoms with Crippen molar-refractivity contribution in [2.45, 2.75) is 65.2 Å². The number of carbonyl (C=O) groups is 2. The fraction of sp³-hybridized carbons (Fsp3) is 0.619. The van der Waals surface area contributed by atoms with Gasteiger partial charge in [-0.05, 0) is 31.0 Å². The molecule has 0 radical (unpaired) electrons. The molecule has 1 aliphatic rings. The fourth-order valence-electron chi connectivity index (χ4n) is 3.22. The van der Waals surface area contributed by atoms with E-state index in [1.165, 1.54) is 38.5 Å². The van der Waals surface area contributed by atoms with Gasteiger partial charge in [-0.3, -0.25) is 4.79 Å². The number of benzene rings is 1. The molecule has 0 fully saturated rings. The number of unbranched alkanes of at least 4 members (excludes halogenated alkanes) is 7. The number of hydrogen-bond donors (Lipinski definition) is 1. The predicted molar refractivity (Wildman–Crippen MR) is 105 cm³/mol. The molecule has 2 rings (SSSR count). The van der Waals surface area contributed by atoms with Gasteiger partial charge in [0, 0.05) is 6.54 Å². The molecular formula is C21H32N2O3. The molecule has 5 nitrogen and oxygen atoms in total. The number of rotatable bonds is 11. The number of carbonyl (C=O) groups excluding carboxylic acids is 2. The third-order valence-electron chi connectivity index (χ3n) is 4.69. The number of nitrogens with zero attached hydrogens (tertiary/aromatic N) is 1. The Bertz CT molecular complexity index is 601. The van der Waals surface area contributed by atoms with E-state index in [-0.39, 0.29) is 25.0 Å². The topological polar surface area (TPSA) is 58.6 Å². The zero-order chi connectivity index (χ0) is 18.8. The molecule has 0 unspecified atom stereocenters. The first-order chi connectivity index (χ1) is 12.6. The molecule has 1 N–H and O–H groups in total. The molecule has 1 heterocycles. The van der Waals surface area contributed by atoms with Gasteiger partial charge in [-0.1, -0.05) is 57.9 Å². The number of esters is 1. The molecule has 0 aliphatic carbocycles. The summed E-state index contributed by atoms with van der Waals surface area (Å²) in [6, 6.07) is 5.70. The monoisotopic (exact) mass is 360 g/mol. The summed E-state index contributed by atoms with van der Waals surface area (Å²) < 4.78 is 5.27. The average Bonchev–Trinajstić information content (AvgIpc) is 2.59. The molecule has 26 heavy (non-hydrogen) atoms. The van der Waals surface area contributed by atoms with E-state index in [4.69, 9.17) is 4.74 Å². The summed E-state index contributed by atoms with van der Waals surface area (Å²) in [5.41, 5.74) is 1.83. The van der Waals surface area contributed by atoms with E-state index in [1.54, 1.807) is 4.90 Å². The molecule has 1 aliphatic heterocycles. The lowest BCUT2D eigenvalue weighted by Gasteiger charge is -2.29. The first kappa shape index (κ1) is 20.3. The van der Waals surface area contributed by atoms with Crippen molar-refractivity contribution in [2.24, 2.45) is 0 Å². The second-order valence-corrected chi connectivity index (χ2v) is 7.13. The summed E-state index contributed by atoms with van der Waals surface area (Å²) in [7, 11) is 0. The highest BCUT2D eigenvalue weighted by atomic mass is 16.5. The molecule has 0 bridgehead atoms. The molecule has 0 spiro atoms. The predicted octanol–water partition coefficient (Wildman–Crippen LogP) is 3.98. The van der Waals surface area contributed by atoms with Gasteiger partial charge in [-0.15, -0.1) is 0 Å². The van der Waals surface area contributed by atoms with Crippen molar-refractivity contribution in [1.29, 1.82) is 0 Å². The lowest BCUT2D eigenvalue weighted by molar-refractivity contribution is -0.133. The second-order valence-electron chi connectivity index (χ2n) is 7.13. The zero-order valence-electron chi connectivity index (χ0n) is 16.2. The van der Waals surface area contributed by atoms with Gasteiger partial charge < -0.3 is 15.0 Å². The second kappa shape index (κ2) is 10.8. The number of fused-ring (bicyclic) bond motifs is 1. The molecule has 0 saturated heterocycles. The molecule has 0 aromatic heterocycles. The van der Waals surface area contributed by atoms with Crippen LogP contribution < -0.4 is 15.0 Å². The van der Waals surface area contributed by atoms with Crippen LogP contribution in [0.4, 0.5) is 5.69 Å². The van der Waals surface area contributed by atoms with Crippen molar-refractivity contribution in [3.63, 3.8) is 0 Å². The summed E-state index contributed by atoms with van der Waals surface area (Å²) in [5.74, 6) is 0.172. The summed E-state index contributed by atoms with van der Waals surface area (Å²) in [6.07, 6.45) is 9.98. The van der Waals surface area contributed by atoms with Crippen LogP contribution in [0.25, 0.3) is 0 Å². The van der Waals surface area contributed by atoms with E-state index in [2.05, 4.69) is 12.2 Å². The van der Waals surface area contributed by atoms with Gasteiger partial charge in [0.25, 0.3) is 0 Å². The van der Waals surface area contributed by atoms with E-state index in [1.807, 2.05) is 25.1 Å². The van der Waals surface area contributed by atoms with E-state index < -0.39 is 0 Å². The highest BCUT2D eigenvalue weighted by molar-refractivity contribution is 5.89. The van der Waals surface area contributed by atoms with Crippen LogP contribution in [-0.2, 0) is 9.59 Å². The van der Waals surface area contributed by atoms with Gasteiger partial charge in [0.05, 0.1) is 12.2 Å². The number of hydrogen-bond acceptors (Lipinski definition) is 4. The van der Waals surface area contributed by atoms with Crippen LogP contribution >= 0.6 is 0 Å². The van der Waals surface area contributed by atoms with Crippen molar-refractivity contribution < 1.29 is 14.3 Å². The fourth-order valence-corrected chi connectivity index (χ4v) is 3.22. The molecule has 1 aromatic carbocycles. The standard InChI is InChI=1S/C21H32N2O3/c1-3-4-5-6-7-8-9-10-13-22-20(24)15-23-16-21(25)26-19-14-17(2)11-12-18(19)23/h11-12,14H,3-10,13,15-16H2,1-2H3,(H,22,24). The van der Waals surface area contributed by atoms with Gasteiger partial charge in [-0.25, -0.2) is 4.79 Å². The van der Waals surface area contributed by atoms with Crippen LogP contribution in [0.5, 0.6) is 5.75 Å². The molecule has 0 saturated carbocycles. The van der Waals surface area contributed by atoms with E-state index >= 15 is 0 Å². The van der Waals surface area contributed by atoms with Crippen LogP contribution in [0.3, 0.4) is 0 Å². The first-order valence-corrected chi connectivity index (χ1v) is 9.93. The lowest BCUT2D eigenvalue weighted by Crippen LogP contribution is -2.43.